The molecule has 0 heterocycles. The van der Waals surface area contributed by atoms with E-state index in [1.807, 2.05) is 30.3 Å². The number of alkyl halides is 1. The summed E-state index contributed by atoms with van der Waals surface area (Å²) in [6.45, 7) is 5.41. The van der Waals surface area contributed by atoms with Crippen molar-refractivity contribution >= 4 is 23.7 Å². The zero-order valence-electron chi connectivity index (χ0n) is 12.0. The molecular formula is C15H25BrO2P+. The number of rotatable bonds is 8. The molecule has 0 radical (unpaired) electrons. The van der Waals surface area contributed by atoms with Crippen LogP contribution in [0.4, 0.5) is 0 Å². The molecule has 0 aliphatic heterocycles. The van der Waals surface area contributed by atoms with Gasteiger partial charge in [0.25, 0.3) is 0 Å². The van der Waals surface area contributed by atoms with Crippen molar-refractivity contribution in [3.05, 3.63) is 35.9 Å². The van der Waals surface area contributed by atoms with Crippen LogP contribution in [0.2, 0.25) is 0 Å². The fourth-order valence-electron chi connectivity index (χ4n) is 1.29. The van der Waals surface area contributed by atoms with Crippen molar-refractivity contribution in [2.24, 2.45) is 0 Å². The van der Waals surface area contributed by atoms with E-state index in [-0.39, 0.29) is 0 Å². The third kappa shape index (κ3) is 12.5. The van der Waals surface area contributed by atoms with Crippen molar-refractivity contribution in [1.82, 2.24) is 0 Å². The first kappa shape index (κ1) is 18.8. The second-order valence-corrected chi connectivity index (χ2v) is 6.81. The smallest absolute Gasteiger partial charge is 0.341 e. The molecule has 0 N–H and O–H groups in total. The summed E-state index contributed by atoms with van der Waals surface area (Å²) < 4.78 is 16.8. The lowest BCUT2D eigenvalue weighted by molar-refractivity contribution is 0.135. The van der Waals surface area contributed by atoms with Crippen LogP contribution in [0.1, 0.15) is 32.3 Å². The van der Waals surface area contributed by atoms with Gasteiger partial charge in [-0.2, -0.15) is 0 Å². The minimum atomic E-state index is -1.04. The van der Waals surface area contributed by atoms with E-state index < -0.39 is 7.80 Å². The highest BCUT2D eigenvalue weighted by Gasteiger charge is 2.11. The molecule has 0 bridgehead atoms. The molecule has 19 heavy (non-hydrogen) atoms. The monoisotopic (exact) mass is 347 g/mol. The van der Waals surface area contributed by atoms with Crippen molar-refractivity contribution < 1.29 is 9.30 Å². The van der Waals surface area contributed by atoms with E-state index in [1.165, 1.54) is 12.0 Å². The van der Waals surface area contributed by atoms with Crippen LogP contribution in [0, 0.1) is 0 Å². The minimum absolute atomic E-state index is 0.601. The van der Waals surface area contributed by atoms with E-state index in [2.05, 4.69) is 29.8 Å². The van der Waals surface area contributed by atoms with Crippen molar-refractivity contribution in [2.45, 2.75) is 33.3 Å². The third-order valence-electron chi connectivity index (χ3n) is 2.26. The molecule has 0 aliphatic carbocycles. The lowest BCUT2D eigenvalue weighted by Gasteiger charge is -2.00. The predicted octanol–water partition coefficient (Wildman–Crippen LogP) is 5.23. The van der Waals surface area contributed by atoms with Gasteiger partial charge in [-0.1, -0.05) is 64.7 Å². The Morgan fingerprint density at radius 1 is 1.11 bits per heavy atom. The number of benzene rings is 1. The molecule has 0 aromatic heterocycles. The molecule has 108 valence electrons. The zero-order chi connectivity index (χ0) is 14.3. The van der Waals surface area contributed by atoms with Gasteiger partial charge in [0.15, 0.2) is 6.16 Å². The molecule has 0 amide bonds. The SMILES string of the molecule is CCCBr.CCC[P+](=O)CCOCc1ccccc1. The first-order valence-corrected chi connectivity index (χ1v) is 9.59. The van der Waals surface area contributed by atoms with Crippen LogP contribution >= 0.6 is 23.7 Å². The summed E-state index contributed by atoms with van der Waals surface area (Å²) in [6, 6.07) is 10.0. The highest BCUT2D eigenvalue weighted by molar-refractivity contribution is 9.09. The van der Waals surface area contributed by atoms with Crippen LogP contribution in [0.15, 0.2) is 30.3 Å². The maximum atomic E-state index is 11.3. The maximum absolute atomic E-state index is 11.3. The van der Waals surface area contributed by atoms with Crippen LogP contribution < -0.4 is 0 Å². The number of halogens is 1. The Hall–Kier alpha value is -0.240. The van der Waals surface area contributed by atoms with Crippen LogP contribution in [0.3, 0.4) is 0 Å². The summed E-state index contributed by atoms with van der Waals surface area (Å²) in [5, 5.41) is 1.13. The van der Waals surface area contributed by atoms with Crippen molar-refractivity contribution in [3.8, 4) is 0 Å². The molecule has 0 saturated heterocycles. The van der Waals surface area contributed by atoms with Crippen LogP contribution in [0.5, 0.6) is 0 Å². The van der Waals surface area contributed by atoms with Gasteiger partial charge < -0.3 is 4.74 Å². The van der Waals surface area contributed by atoms with Crippen molar-refractivity contribution in [1.29, 1.82) is 0 Å². The second kappa shape index (κ2) is 14.2. The topological polar surface area (TPSA) is 26.3 Å². The Bertz CT molecular complexity index is 315. The molecule has 4 heteroatoms. The highest BCUT2D eigenvalue weighted by Crippen LogP contribution is 2.20. The normalized spacial score (nSPS) is 10.6. The molecule has 1 unspecified atom stereocenters. The van der Waals surface area contributed by atoms with Gasteiger partial charge in [0.05, 0.1) is 13.2 Å². The van der Waals surface area contributed by atoms with E-state index in [0.29, 0.717) is 19.4 Å². The number of hydrogen-bond donors (Lipinski definition) is 0. The molecule has 0 aliphatic rings. The maximum Gasteiger partial charge on any atom is 0.341 e. The zero-order valence-corrected chi connectivity index (χ0v) is 14.5. The minimum Gasteiger partial charge on any atom is -0.372 e. The summed E-state index contributed by atoms with van der Waals surface area (Å²) >= 11 is 3.25. The Labute approximate surface area is 126 Å². The Balaban J connectivity index is 0.000000711. The Kier molecular flexibility index (Phi) is 14.0. The van der Waals surface area contributed by atoms with Crippen LogP contribution in [0.25, 0.3) is 0 Å². The van der Waals surface area contributed by atoms with Crippen LogP contribution in [-0.2, 0) is 15.9 Å². The Morgan fingerprint density at radius 3 is 2.26 bits per heavy atom. The van der Waals surface area contributed by atoms with Crippen molar-refractivity contribution in [2.75, 3.05) is 24.3 Å². The largest absolute Gasteiger partial charge is 0.372 e. The molecule has 1 aromatic carbocycles. The van der Waals surface area contributed by atoms with Gasteiger partial charge in [-0.05, 0) is 18.4 Å². The summed E-state index contributed by atoms with van der Waals surface area (Å²) in [6.07, 6.45) is 3.74. The summed E-state index contributed by atoms with van der Waals surface area (Å²) in [4.78, 5) is 0. The molecule has 1 rings (SSSR count). The molecule has 1 atom stereocenters. The molecule has 1 aromatic rings. The fourth-order valence-corrected chi connectivity index (χ4v) is 2.35. The first-order valence-electron chi connectivity index (χ1n) is 6.84. The Morgan fingerprint density at radius 2 is 1.74 bits per heavy atom. The molecule has 0 spiro atoms. The number of hydrogen-bond acceptors (Lipinski definition) is 2. The molecule has 2 nitrogen and oxygen atoms in total. The molecule has 0 fully saturated rings. The van der Waals surface area contributed by atoms with Gasteiger partial charge in [0, 0.05) is 5.33 Å². The lowest BCUT2D eigenvalue weighted by atomic mass is 10.2. The van der Waals surface area contributed by atoms with E-state index in [4.69, 9.17) is 4.74 Å². The lowest BCUT2D eigenvalue weighted by Crippen LogP contribution is -1.98. The number of ether oxygens (including phenoxy) is 1. The quantitative estimate of drug-likeness (QED) is 0.365. The summed E-state index contributed by atoms with van der Waals surface area (Å²) in [5.41, 5.74) is 1.17. The first-order chi connectivity index (χ1) is 9.24. The van der Waals surface area contributed by atoms with Gasteiger partial charge in [-0.3, -0.25) is 0 Å². The van der Waals surface area contributed by atoms with Crippen molar-refractivity contribution in [3.63, 3.8) is 0 Å². The highest BCUT2D eigenvalue weighted by atomic mass is 79.9. The van der Waals surface area contributed by atoms with Gasteiger partial charge in [-0.15, -0.1) is 0 Å². The van der Waals surface area contributed by atoms with Gasteiger partial charge >= 0.3 is 7.80 Å². The van der Waals surface area contributed by atoms with Gasteiger partial charge in [-0.25, -0.2) is 0 Å². The van der Waals surface area contributed by atoms with E-state index in [1.54, 1.807) is 0 Å². The average molecular weight is 348 g/mol. The van der Waals surface area contributed by atoms with Gasteiger partial charge in [0.2, 0.25) is 0 Å². The summed E-state index contributed by atoms with van der Waals surface area (Å²) in [5.74, 6) is 0. The second-order valence-electron chi connectivity index (χ2n) is 4.16. The van der Waals surface area contributed by atoms with Crippen LogP contribution in [-0.4, -0.2) is 24.3 Å². The third-order valence-corrected chi connectivity index (χ3v) is 4.68. The van der Waals surface area contributed by atoms with E-state index >= 15 is 0 Å². The summed E-state index contributed by atoms with van der Waals surface area (Å²) in [7, 11) is -1.04. The predicted molar refractivity (Wildman–Crippen MR) is 87.8 cm³/mol. The van der Waals surface area contributed by atoms with Gasteiger partial charge in [0.1, 0.15) is 6.16 Å². The fraction of sp³-hybridized carbons (Fsp3) is 0.600. The molecular weight excluding hydrogens is 323 g/mol. The van der Waals surface area contributed by atoms with E-state index in [9.17, 15) is 4.57 Å². The average Bonchev–Trinajstić information content (AvgIpc) is 2.45. The standard InChI is InChI=1S/C12H18O2P.C3H7Br/c1-2-9-15(13)10-8-14-11-12-6-4-3-5-7-12;1-2-3-4/h3-7H,2,8-11H2,1H3;2-3H2,1H3/q+1;. The van der Waals surface area contributed by atoms with E-state index in [0.717, 1.165) is 17.9 Å². The molecule has 0 saturated carbocycles.